The zero-order valence-corrected chi connectivity index (χ0v) is 12.8. The van der Waals surface area contributed by atoms with E-state index in [-0.39, 0.29) is 12.4 Å². The van der Waals surface area contributed by atoms with E-state index < -0.39 is 11.9 Å². The van der Waals surface area contributed by atoms with E-state index in [0.29, 0.717) is 5.69 Å². The number of hydrogen-bond acceptors (Lipinski definition) is 4. The molecule has 0 bridgehead atoms. The quantitative estimate of drug-likeness (QED) is 0.649. The van der Waals surface area contributed by atoms with Crippen molar-refractivity contribution in [3.05, 3.63) is 51.5 Å². The molecular formula is C14H12INO4. The lowest BCUT2D eigenvalue weighted by molar-refractivity contribution is -0.119. The average Bonchev–Trinajstić information content (AvgIpc) is 2.93. The Morgan fingerprint density at radius 2 is 2.15 bits per heavy atom. The van der Waals surface area contributed by atoms with E-state index in [4.69, 9.17) is 9.15 Å². The van der Waals surface area contributed by atoms with Gasteiger partial charge in [0.1, 0.15) is 0 Å². The van der Waals surface area contributed by atoms with Gasteiger partial charge in [-0.25, -0.2) is 4.79 Å². The summed E-state index contributed by atoms with van der Waals surface area (Å²) < 4.78 is 10.8. The van der Waals surface area contributed by atoms with Crippen LogP contribution in [0.2, 0.25) is 0 Å². The fraction of sp³-hybridized carbons (Fsp3) is 0.143. The number of rotatable bonds is 4. The number of benzene rings is 1. The minimum atomic E-state index is -0.663. The molecule has 0 aliphatic carbocycles. The van der Waals surface area contributed by atoms with Crippen LogP contribution in [-0.2, 0) is 9.53 Å². The van der Waals surface area contributed by atoms with Crippen molar-refractivity contribution in [2.45, 2.75) is 6.92 Å². The number of carbonyl (C=O) groups is 2. The van der Waals surface area contributed by atoms with E-state index in [1.54, 1.807) is 6.07 Å². The van der Waals surface area contributed by atoms with Crippen LogP contribution in [0.15, 0.2) is 41.0 Å². The second kappa shape index (κ2) is 6.56. The summed E-state index contributed by atoms with van der Waals surface area (Å²) in [5.74, 6) is -0.984. The first-order valence-electron chi connectivity index (χ1n) is 5.83. The zero-order valence-electron chi connectivity index (χ0n) is 10.7. The van der Waals surface area contributed by atoms with Crippen molar-refractivity contribution in [3.63, 3.8) is 0 Å². The van der Waals surface area contributed by atoms with Crippen molar-refractivity contribution in [2.24, 2.45) is 0 Å². The number of furan rings is 1. The summed E-state index contributed by atoms with van der Waals surface area (Å²) in [6.45, 7) is 1.54. The molecule has 0 fully saturated rings. The molecular weight excluding hydrogens is 373 g/mol. The van der Waals surface area contributed by atoms with Crippen molar-refractivity contribution in [2.75, 3.05) is 11.9 Å². The standard InChI is InChI=1S/C14H12INO4/c1-9-7-10(15)4-5-11(9)16-13(17)8-20-14(18)12-3-2-6-19-12/h2-7H,8H2,1H3,(H,16,17). The summed E-state index contributed by atoms with van der Waals surface area (Å²) in [5, 5.41) is 2.69. The Morgan fingerprint density at radius 3 is 2.80 bits per heavy atom. The summed E-state index contributed by atoms with van der Waals surface area (Å²) in [5.41, 5.74) is 1.65. The van der Waals surface area contributed by atoms with Gasteiger partial charge in [-0.15, -0.1) is 0 Å². The molecule has 1 aromatic carbocycles. The topological polar surface area (TPSA) is 68.5 Å². The summed E-state index contributed by atoms with van der Waals surface area (Å²) in [6.07, 6.45) is 1.37. The molecule has 104 valence electrons. The highest BCUT2D eigenvalue weighted by atomic mass is 127. The lowest BCUT2D eigenvalue weighted by Crippen LogP contribution is -2.21. The van der Waals surface area contributed by atoms with Gasteiger partial charge in [-0.2, -0.15) is 0 Å². The smallest absolute Gasteiger partial charge is 0.374 e. The Bertz CT molecular complexity index is 622. The van der Waals surface area contributed by atoms with Gasteiger partial charge in [-0.3, -0.25) is 4.79 Å². The minimum Gasteiger partial charge on any atom is -0.457 e. The average molecular weight is 385 g/mol. The Kier molecular flexibility index (Phi) is 4.78. The molecule has 20 heavy (non-hydrogen) atoms. The molecule has 0 saturated carbocycles. The molecule has 2 rings (SSSR count). The van der Waals surface area contributed by atoms with Crippen molar-refractivity contribution in [1.29, 1.82) is 0 Å². The van der Waals surface area contributed by atoms with E-state index in [1.165, 1.54) is 12.3 Å². The first-order valence-corrected chi connectivity index (χ1v) is 6.91. The maximum Gasteiger partial charge on any atom is 0.374 e. The third-order valence-electron chi connectivity index (χ3n) is 2.52. The van der Waals surface area contributed by atoms with Crippen LogP contribution in [0.3, 0.4) is 0 Å². The van der Waals surface area contributed by atoms with Crippen LogP contribution in [0.1, 0.15) is 16.1 Å². The van der Waals surface area contributed by atoms with Gasteiger partial charge < -0.3 is 14.5 Å². The van der Waals surface area contributed by atoms with Crippen LogP contribution in [0.5, 0.6) is 0 Å². The fourth-order valence-corrected chi connectivity index (χ4v) is 2.20. The predicted molar refractivity (Wildman–Crippen MR) is 81.5 cm³/mol. The van der Waals surface area contributed by atoms with Crippen LogP contribution < -0.4 is 5.32 Å². The van der Waals surface area contributed by atoms with Crippen LogP contribution in [0.4, 0.5) is 5.69 Å². The number of nitrogens with one attached hydrogen (secondary N) is 1. The van der Waals surface area contributed by atoms with Crippen molar-refractivity contribution >= 4 is 40.2 Å². The number of aryl methyl sites for hydroxylation is 1. The molecule has 5 nitrogen and oxygen atoms in total. The summed E-state index contributed by atoms with van der Waals surface area (Å²) in [6, 6.07) is 8.70. The molecule has 0 unspecified atom stereocenters. The van der Waals surface area contributed by atoms with Crippen LogP contribution >= 0.6 is 22.6 Å². The second-order valence-corrected chi connectivity index (χ2v) is 5.31. The van der Waals surface area contributed by atoms with Crippen molar-refractivity contribution in [3.8, 4) is 0 Å². The van der Waals surface area contributed by atoms with Gasteiger partial charge in [0.25, 0.3) is 5.91 Å². The highest BCUT2D eigenvalue weighted by Gasteiger charge is 2.13. The third-order valence-corrected chi connectivity index (χ3v) is 3.19. The minimum absolute atomic E-state index is 0.0724. The Labute approximate surface area is 129 Å². The molecule has 1 amide bonds. The molecule has 0 spiro atoms. The first-order chi connectivity index (χ1) is 9.56. The highest BCUT2D eigenvalue weighted by molar-refractivity contribution is 14.1. The number of halogens is 1. The lowest BCUT2D eigenvalue weighted by Gasteiger charge is -2.08. The van der Waals surface area contributed by atoms with E-state index in [9.17, 15) is 9.59 Å². The first kappa shape index (κ1) is 14.6. The number of amides is 1. The number of anilines is 1. The van der Waals surface area contributed by atoms with Crippen LogP contribution in [0, 0.1) is 10.5 Å². The molecule has 0 aliphatic heterocycles. The number of ether oxygens (including phenoxy) is 1. The molecule has 0 aliphatic rings. The summed E-state index contributed by atoms with van der Waals surface area (Å²) >= 11 is 2.19. The fourth-order valence-electron chi connectivity index (χ4n) is 1.55. The second-order valence-electron chi connectivity index (χ2n) is 4.06. The predicted octanol–water partition coefficient (Wildman–Crippen LogP) is 2.99. The molecule has 1 N–H and O–H groups in total. The maximum atomic E-state index is 11.7. The van der Waals surface area contributed by atoms with Gasteiger partial charge in [-0.1, -0.05) is 0 Å². The number of carbonyl (C=O) groups excluding carboxylic acids is 2. The Hall–Kier alpha value is -1.83. The van der Waals surface area contributed by atoms with E-state index >= 15 is 0 Å². The van der Waals surface area contributed by atoms with Gasteiger partial charge >= 0.3 is 5.97 Å². The molecule has 0 atom stereocenters. The normalized spacial score (nSPS) is 10.1. The number of esters is 1. The van der Waals surface area contributed by atoms with E-state index in [2.05, 4.69) is 27.9 Å². The highest BCUT2D eigenvalue weighted by Crippen LogP contribution is 2.17. The molecule has 0 saturated heterocycles. The van der Waals surface area contributed by atoms with Crippen LogP contribution in [-0.4, -0.2) is 18.5 Å². The van der Waals surface area contributed by atoms with Gasteiger partial charge in [0.05, 0.1) is 6.26 Å². The van der Waals surface area contributed by atoms with Gasteiger partial charge in [0.2, 0.25) is 5.76 Å². The zero-order chi connectivity index (χ0) is 14.5. The van der Waals surface area contributed by atoms with Gasteiger partial charge in [0, 0.05) is 9.26 Å². The molecule has 1 aromatic heterocycles. The summed E-state index contributed by atoms with van der Waals surface area (Å²) in [4.78, 5) is 23.2. The lowest BCUT2D eigenvalue weighted by atomic mass is 10.2. The largest absolute Gasteiger partial charge is 0.457 e. The number of hydrogen-bond donors (Lipinski definition) is 1. The molecule has 1 heterocycles. The maximum absolute atomic E-state index is 11.7. The van der Waals surface area contributed by atoms with Crippen molar-refractivity contribution in [1.82, 2.24) is 0 Å². The van der Waals surface area contributed by atoms with Crippen molar-refractivity contribution < 1.29 is 18.7 Å². The SMILES string of the molecule is Cc1cc(I)ccc1NC(=O)COC(=O)c1ccco1. The molecule has 2 aromatic rings. The van der Waals surface area contributed by atoms with Gasteiger partial charge in [-0.05, 0) is 65.4 Å². The molecule has 6 heteroatoms. The monoisotopic (exact) mass is 385 g/mol. The third kappa shape index (κ3) is 3.83. The summed E-state index contributed by atoms with van der Waals surface area (Å²) in [7, 11) is 0. The van der Waals surface area contributed by atoms with Crippen LogP contribution in [0.25, 0.3) is 0 Å². The van der Waals surface area contributed by atoms with E-state index in [0.717, 1.165) is 9.13 Å². The Balaban J connectivity index is 1.88. The van der Waals surface area contributed by atoms with E-state index in [1.807, 2.05) is 25.1 Å². The van der Waals surface area contributed by atoms with Gasteiger partial charge in [0.15, 0.2) is 6.61 Å². The Morgan fingerprint density at radius 1 is 1.35 bits per heavy atom. The molecule has 0 radical (unpaired) electrons.